The van der Waals surface area contributed by atoms with E-state index in [1.807, 2.05) is 5.32 Å². The fraction of sp³-hybridized carbons (Fsp3) is 0.0588. The van der Waals surface area contributed by atoms with Crippen LogP contribution < -0.4 is 10.2 Å². The van der Waals surface area contributed by atoms with Crippen molar-refractivity contribution < 1.29 is 23.2 Å². The van der Waals surface area contributed by atoms with Crippen LogP contribution in [0.2, 0.25) is 0 Å². The van der Waals surface area contributed by atoms with E-state index in [1.54, 1.807) is 0 Å². The minimum absolute atomic E-state index is 0.0718. The SMILES string of the molecule is O=C1NC(=O)N(c2ccccc2F)C(=O)[C@H]1C=Nc1ccccc1F. The zero-order chi connectivity index (χ0) is 18.0. The number of barbiturate groups is 1. The molecule has 1 aliphatic rings. The number of hydrogen-bond acceptors (Lipinski definition) is 4. The summed E-state index contributed by atoms with van der Waals surface area (Å²) in [6.07, 6.45) is 0.927. The molecule has 0 spiro atoms. The van der Waals surface area contributed by atoms with Gasteiger partial charge in [0.2, 0.25) is 5.91 Å². The predicted octanol–water partition coefficient (Wildman–Crippen LogP) is 2.57. The Balaban J connectivity index is 1.94. The molecule has 8 heteroatoms. The highest BCUT2D eigenvalue weighted by Gasteiger charge is 2.41. The molecule has 0 radical (unpaired) electrons. The number of hydrogen-bond donors (Lipinski definition) is 1. The number of anilines is 1. The molecular weight excluding hydrogens is 332 g/mol. The van der Waals surface area contributed by atoms with Crippen molar-refractivity contribution in [1.82, 2.24) is 5.32 Å². The molecule has 0 saturated carbocycles. The third-order valence-electron chi connectivity index (χ3n) is 3.51. The average Bonchev–Trinajstić information content (AvgIpc) is 2.57. The third-order valence-corrected chi connectivity index (χ3v) is 3.51. The van der Waals surface area contributed by atoms with Crippen LogP contribution in [0.4, 0.5) is 25.0 Å². The zero-order valence-corrected chi connectivity index (χ0v) is 12.6. The largest absolute Gasteiger partial charge is 0.335 e. The van der Waals surface area contributed by atoms with Crippen molar-refractivity contribution >= 4 is 35.4 Å². The second-order valence-corrected chi connectivity index (χ2v) is 5.13. The first-order valence-corrected chi connectivity index (χ1v) is 7.21. The van der Waals surface area contributed by atoms with Gasteiger partial charge in [-0.15, -0.1) is 0 Å². The summed E-state index contributed by atoms with van der Waals surface area (Å²) in [5.41, 5.74) is -0.362. The smallest absolute Gasteiger partial charge is 0.276 e. The zero-order valence-electron chi connectivity index (χ0n) is 12.6. The van der Waals surface area contributed by atoms with Crippen LogP contribution in [0.1, 0.15) is 0 Å². The summed E-state index contributed by atoms with van der Waals surface area (Å²) in [4.78, 5) is 40.7. The molecule has 1 saturated heterocycles. The van der Waals surface area contributed by atoms with E-state index in [4.69, 9.17) is 0 Å². The lowest BCUT2D eigenvalue weighted by Gasteiger charge is -2.28. The molecule has 1 fully saturated rings. The molecule has 1 N–H and O–H groups in total. The van der Waals surface area contributed by atoms with Gasteiger partial charge in [0.25, 0.3) is 5.91 Å². The second kappa shape index (κ2) is 6.60. The maximum atomic E-state index is 13.9. The molecule has 0 unspecified atom stereocenters. The number of imide groups is 2. The molecule has 2 aromatic rings. The number of nitrogens with zero attached hydrogens (tertiary/aromatic N) is 2. The quantitative estimate of drug-likeness (QED) is 0.687. The van der Waals surface area contributed by atoms with Crippen LogP contribution in [0.5, 0.6) is 0 Å². The van der Waals surface area contributed by atoms with Crippen LogP contribution in [-0.4, -0.2) is 24.1 Å². The van der Waals surface area contributed by atoms with E-state index in [9.17, 15) is 23.2 Å². The van der Waals surface area contributed by atoms with Crippen LogP contribution in [-0.2, 0) is 9.59 Å². The number of amides is 4. The molecule has 0 aliphatic carbocycles. The lowest BCUT2D eigenvalue weighted by Crippen LogP contribution is -2.58. The average molecular weight is 343 g/mol. The van der Waals surface area contributed by atoms with Gasteiger partial charge in [-0.2, -0.15) is 0 Å². The number of carbonyl (C=O) groups excluding carboxylic acids is 3. The molecule has 1 atom stereocenters. The summed E-state index contributed by atoms with van der Waals surface area (Å²) in [6, 6.07) is 9.62. The Morgan fingerprint density at radius 2 is 1.60 bits per heavy atom. The monoisotopic (exact) mass is 343 g/mol. The number of halogens is 2. The van der Waals surface area contributed by atoms with Crippen LogP contribution in [0, 0.1) is 17.6 Å². The molecule has 0 aromatic heterocycles. The maximum absolute atomic E-state index is 13.9. The molecule has 25 heavy (non-hydrogen) atoms. The predicted molar refractivity (Wildman–Crippen MR) is 85.5 cm³/mol. The van der Waals surface area contributed by atoms with Crippen molar-refractivity contribution in [3.05, 3.63) is 60.2 Å². The number of nitrogens with one attached hydrogen (secondary N) is 1. The van der Waals surface area contributed by atoms with Gasteiger partial charge >= 0.3 is 6.03 Å². The first-order valence-electron chi connectivity index (χ1n) is 7.21. The highest BCUT2D eigenvalue weighted by Crippen LogP contribution is 2.24. The van der Waals surface area contributed by atoms with Crippen molar-refractivity contribution in [2.75, 3.05) is 4.90 Å². The lowest BCUT2D eigenvalue weighted by molar-refractivity contribution is -0.131. The molecule has 1 aliphatic heterocycles. The van der Waals surface area contributed by atoms with Crippen LogP contribution >= 0.6 is 0 Å². The van der Waals surface area contributed by atoms with E-state index in [0.29, 0.717) is 4.90 Å². The molecule has 1 heterocycles. The van der Waals surface area contributed by atoms with E-state index >= 15 is 0 Å². The molecule has 2 aromatic carbocycles. The van der Waals surface area contributed by atoms with Gasteiger partial charge < -0.3 is 0 Å². The minimum Gasteiger partial charge on any atom is -0.276 e. The first-order chi connectivity index (χ1) is 12.0. The lowest BCUT2D eigenvalue weighted by atomic mass is 10.1. The topological polar surface area (TPSA) is 78.8 Å². The fourth-order valence-corrected chi connectivity index (χ4v) is 2.29. The number of para-hydroxylation sites is 2. The number of urea groups is 1. The van der Waals surface area contributed by atoms with Gasteiger partial charge in [-0.05, 0) is 24.3 Å². The van der Waals surface area contributed by atoms with Gasteiger partial charge in [-0.3, -0.25) is 19.9 Å². The second-order valence-electron chi connectivity index (χ2n) is 5.13. The Hall–Kier alpha value is -3.42. The Bertz CT molecular complexity index is 898. The van der Waals surface area contributed by atoms with Crippen LogP contribution in [0.3, 0.4) is 0 Å². The number of benzene rings is 2. The third kappa shape index (κ3) is 3.14. The summed E-state index contributed by atoms with van der Waals surface area (Å²) in [5, 5.41) is 1.96. The van der Waals surface area contributed by atoms with E-state index in [-0.39, 0.29) is 11.4 Å². The van der Waals surface area contributed by atoms with Crippen molar-refractivity contribution in [2.24, 2.45) is 10.9 Å². The van der Waals surface area contributed by atoms with Crippen molar-refractivity contribution in [3.63, 3.8) is 0 Å². The summed E-state index contributed by atoms with van der Waals surface area (Å²) < 4.78 is 27.5. The molecule has 4 amide bonds. The highest BCUT2D eigenvalue weighted by molar-refractivity contribution is 6.32. The van der Waals surface area contributed by atoms with Gasteiger partial charge in [0.15, 0.2) is 5.92 Å². The number of carbonyl (C=O) groups is 3. The summed E-state index contributed by atoms with van der Waals surface area (Å²) in [7, 11) is 0. The Morgan fingerprint density at radius 1 is 0.960 bits per heavy atom. The Kier molecular flexibility index (Phi) is 4.34. The summed E-state index contributed by atoms with van der Waals surface area (Å²) in [6.45, 7) is 0. The van der Waals surface area contributed by atoms with Gasteiger partial charge in [0.1, 0.15) is 11.6 Å². The summed E-state index contributed by atoms with van der Waals surface area (Å²) in [5.74, 6) is -4.81. The van der Waals surface area contributed by atoms with Crippen LogP contribution in [0.15, 0.2) is 53.5 Å². The maximum Gasteiger partial charge on any atom is 0.335 e. The van der Waals surface area contributed by atoms with E-state index in [1.165, 1.54) is 42.5 Å². The van der Waals surface area contributed by atoms with Crippen molar-refractivity contribution in [2.45, 2.75) is 0 Å². The van der Waals surface area contributed by atoms with Gasteiger partial charge in [0.05, 0.1) is 11.4 Å². The van der Waals surface area contributed by atoms with Crippen molar-refractivity contribution in [1.29, 1.82) is 0 Å². The van der Waals surface area contributed by atoms with Crippen LogP contribution in [0.25, 0.3) is 0 Å². The Morgan fingerprint density at radius 3 is 2.28 bits per heavy atom. The van der Waals surface area contributed by atoms with Crippen molar-refractivity contribution in [3.8, 4) is 0 Å². The van der Waals surface area contributed by atoms with E-state index < -0.39 is 35.4 Å². The molecule has 126 valence electrons. The number of rotatable bonds is 3. The first kappa shape index (κ1) is 16.4. The Labute approximate surface area is 140 Å². The van der Waals surface area contributed by atoms with Gasteiger partial charge in [-0.1, -0.05) is 24.3 Å². The standard InChI is InChI=1S/C17H11F2N3O3/c18-11-5-1-3-7-13(11)20-9-10-15(23)21-17(25)22(16(10)24)14-8-4-2-6-12(14)19/h1-10H,(H,21,23,25)/t10-/m0/s1. The minimum atomic E-state index is -1.49. The molecule has 3 rings (SSSR count). The summed E-state index contributed by atoms with van der Waals surface area (Å²) >= 11 is 0. The normalized spacial score (nSPS) is 17.9. The number of aliphatic imine (C=N–C) groups is 1. The highest BCUT2D eigenvalue weighted by atomic mass is 19.1. The van der Waals surface area contributed by atoms with E-state index in [0.717, 1.165) is 12.3 Å². The fourth-order valence-electron chi connectivity index (χ4n) is 2.29. The molecular formula is C17H11F2N3O3. The molecule has 0 bridgehead atoms. The molecule has 6 nitrogen and oxygen atoms in total. The van der Waals surface area contributed by atoms with E-state index in [2.05, 4.69) is 4.99 Å². The van der Waals surface area contributed by atoms with Gasteiger partial charge in [0, 0.05) is 6.21 Å². The van der Waals surface area contributed by atoms with Gasteiger partial charge in [-0.25, -0.2) is 18.5 Å².